The second-order valence-corrected chi connectivity index (χ2v) is 16.3. The van der Waals surface area contributed by atoms with Crippen molar-refractivity contribution in [1.82, 2.24) is 9.46 Å². The Morgan fingerprint density at radius 1 is 0.642 bits per heavy atom. The molecule has 6 heteroatoms. The van der Waals surface area contributed by atoms with Gasteiger partial charge in [0, 0.05) is 35.8 Å². The molecule has 8 rings (SSSR count). The summed E-state index contributed by atoms with van der Waals surface area (Å²) in [6.45, 7) is 20.9. The van der Waals surface area contributed by atoms with Gasteiger partial charge in [-0.3, -0.25) is 0 Å². The van der Waals surface area contributed by atoms with Gasteiger partial charge in [-0.05, 0) is 99.8 Å². The first-order valence-corrected chi connectivity index (χ1v) is 18.7. The summed E-state index contributed by atoms with van der Waals surface area (Å²) < 4.78 is 9.29. The van der Waals surface area contributed by atoms with Crippen molar-refractivity contribution in [3.63, 3.8) is 0 Å². The van der Waals surface area contributed by atoms with Crippen LogP contribution in [0, 0.1) is 41.5 Å². The summed E-state index contributed by atoms with van der Waals surface area (Å²) in [6, 6.07) is 37.5. The van der Waals surface area contributed by atoms with Crippen molar-refractivity contribution in [3.05, 3.63) is 142 Å². The molecule has 0 spiro atoms. The highest BCUT2D eigenvalue weighted by molar-refractivity contribution is 6.86. The second-order valence-electron chi connectivity index (χ2n) is 16.3. The van der Waals surface area contributed by atoms with Gasteiger partial charge < -0.3 is 19.0 Å². The Kier molecular flexibility index (Phi) is 8.40. The summed E-state index contributed by atoms with van der Waals surface area (Å²) in [5.41, 5.74) is 18.3. The summed E-state index contributed by atoms with van der Waals surface area (Å²) in [5, 5.41) is 1.11. The number of benzene rings is 5. The first-order valence-electron chi connectivity index (χ1n) is 18.7. The number of ether oxygens (including phenoxy) is 1. The van der Waals surface area contributed by atoms with Gasteiger partial charge in [-0.25, -0.2) is 4.98 Å². The molecule has 2 aromatic heterocycles. The molecular weight excluding hydrogens is 647 g/mol. The molecule has 0 atom stereocenters. The smallest absolute Gasteiger partial charge is 0.329 e. The summed E-state index contributed by atoms with van der Waals surface area (Å²) in [4.78, 5) is 9.97. The van der Waals surface area contributed by atoms with Crippen LogP contribution in [0.1, 0.15) is 59.7 Å². The molecule has 0 fully saturated rings. The molecule has 0 saturated carbocycles. The van der Waals surface area contributed by atoms with Crippen LogP contribution in [0.5, 0.6) is 11.6 Å². The fourth-order valence-corrected chi connectivity index (χ4v) is 8.78. The van der Waals surface area contributed by atoms with Crippen LogP contribution >= 0.6 is 0 Å². The lowest BCUT2D eigenvalue weighted by Gasteiger charge is -2.26. The van der Waals surface area contributed by atoms with E-state index in [-0.39, 0.29) is 12.3 Å². The van der Waals surface area contributed by atoms with Crippen LogP contribution in [0.25, 0.3) is 21.9 Å². The molecular formula is C47H49BN4O. The van der Waals surface area contributed by atoms with E-state index < -0.39 is 0 Å². The topological polar surface area (TPSA) is 33.5 Å². The molecule has 0 unspecified atom stereocenters. The van der Waals surface area contributed by atoms with E-state index in [0.29, 0.717) is 5.88 Å². The summed E-state index contributed by atoms with van der Waals surface area (Å²) in [7, 11) is 2.15. The van der Waals surface area contributed by atoms with Gasteiger partial charge >= 0.3 is 6.85 Å². The normalized spacial score (nSPS) is 12.9. The minimum absolute atomic E-state index is 0.0420. The number of rotatable bonds is 6. The van der Waals surface area contributed by atoms with E-state index >= 15 is 0 Å². The highest BCUT2D eigenvalue weighted by Crippen LogP contribution is 2.43. The third-order valence-electron chi connectivity index (χ3n) is 11.0. The maximum atomic E-state index is 6.77. The molecule has 5 aromatic carbocycles. The number of aryl methyl sites for hydroxylation is 6. The zero-order chi connectivity index (χ0) is 37.3. The first-order chi connectivity index (χ1) is 25.3. The predicted molar refractivity (Wildman–Crippen MR) is 226 cm³/mol. The van der Waals surface area contributed by atoms with E-state index in [9.17, 15) is 0 Å². The Balaban J connectivity index is 1.30. The van der Waals surface area contributed by atoms with Crippen molar-refractivity contribution in [3.8, 4) is 11.6 Å². The third kappa shape index (κ3) is 6.04. The molecule has 0 N–H and O–H groups in total. The minimum atomic E-state index is -0.0719. The molecule has 1 aliphatic heterocycles. The lowest BCUT2D eigenvalue weighted by molar-refractivity contribution is 0.462. The fourth-order valence-electron chi connectivity index (χ4n) is 8.78. The highest BCUT2D eigenvalue weighted by Gasteiger charge is 2.33. The molecule has 266 valence electrons. The van der Waals surface area contributed by atoms with E-state index in [0.717, 1.165) is 40.0 Å². The van der Waals surface area contributed by atoms with Crippen molar-refractivity contribution in [2.45, 2.75) is 67.7 Å². The lowest BCUT2D eigenvalue weighted by atomic mass is 9.46. The Labute approximate surface area is 315 Å². The van der Waals surface area contributed by atoms with E-state index in [2.05, 4.69) is 181 Å². The van der Waals surface area contributed by atoms with Crippen LogP contribution < -0.4 is 25.5 Å². The zero-order valence-electron chi connectivity index (χ0n) is 32.8. The van der Waals surface area contributed by atoms with Gasteiger partial charge in [-0.1, -0.05) is 109 Å². The predicted octanol–water partition coefficient (Wildman–Crippen LogP) is 10.3. The van der Waals surface area contributed by atoms with Crippen LogP contribution in [0.3, 0.4) is 0 Å². The van der Waals surface area contributed by atoms with Crippen molar-refractivity contribution in [2.75, 3.05) is 23.5 Å². The number of para-hydroxylation sites is 3. The van der Waals surface area contributed by atoms with E-state index in [1.165, 1.54) is 61.2 Å². The lowest BCUT2D eigenvalue weighted by Crippen LogP contribution is -2.53. The van der Waals surface area contributed by atoms with E-state index in [1.54, 1.807) is 0 Å². The quantitative estimate of drug-likeness (QED) is 0.162. The molecule has 0 radical (unpaired) electrons. The van der Waals surface area contributed by atoms with Gasteiger partial charge in [0.15, 0.2) is 0 Å². The Morgan fingerprint density at radius 2 is 1.23 bits per heavy atom. The van der Waals surface area contributed by atoms with Crippen LogP contribution in [-0.4, -0.2) is 30.0 Å². The molecule has 5 nitrogen and oxygen atoms in total. The SMILES string of the molecule is Cc1cc(C)c(B(c2c(C)cc(C)cc2C)n2c3ccccc3c3nc(Oc4cc(N5CN(C)c6ccccc65)cc(C(C)(C)C)c4)ccc32)c(C)c1. The minimum Gasteiger partial charge on any atom is -0.439 e. The number of aromatic nitrogens is 2. The summed E-state index contributed by atoms with van der Waals surface area (Å²) in [5.74, 6) is 1.36. The number of hydrogen-bond donors (Lipinski definition) is 0. The van der Waals surface area contributed by atoms with Gasteiger partial charge in [-0.2, -0.15) is 0 Å². The second kappa shape index (κ2) is 12.9. The molecule has 7 aromatic rings. The standard InChI is InChI=1S/C47H49BN4O/c1-29-21-31(3)44(32(4)22-29)48(45-33(5)23-30(2)24-34(45)6)52-39-16-12-11-15-38(39)46-42(52)19-20-43(49-46)53-37-26-35(47(7,8)9)25-36(27-37)51-28-50(10)40-17-13-14-18-41(40)51/h11-27H,28H2,1-10H3. The number of fused-ring (bicyclic) bond motifs is 4. The molecule has 0 saturated heterocycles. The fraction of sp³-hybridized carbons (Fsp3) is 0.255. The average Bonchev–Trinajstić information content (AvgIpc) is 3.60. The van der Waals surface area contributed by atoms with Gasteiger partial charge in [0.2, 0.25) is 5.88 Å². The molecule has 3 heterocycles. The zero-order valence-corrected chi connectivity index (χ0v) is 32.8. The van der Waals surface area contributed by atoms with Crippen molar-refractivity contribution >= 4 is 56.8 Å². The highest BCUT2D eigenvalue weighted by atomic mass is 16.5. The van der Waals surface area contributed by atoms with Gasteiger partial charge in [-0.15, -0.1) is 0 Å². The maximum Gasteiger partial charge on any atom is 0.329 e. The Bertz CT molecular complexity index is 2460. The van der Waals surface area contributed by atoms with Crippen molar-refractivity contribution in [1.29, 1.82) is 0 Å². The summed E-state index contributed by atoms with van der Waals surface area (Å²) in [6.07, 6.45) is 0. The Morgan fingerprint density at radius 3 is 1.85 bits per heavy atom. The average molecular weight is 697 g/mol. The van der Waals surface area contributed by atoms with Gasteiger partial charge in [0.1, 0.15) is 5.75 Å². The number of nitrogens with zero attached hydrogens (tertiary/aromatic N) is 4. The maximum absolute atomic E-state index is 6.77. The molecule has 0 amide bonds. The third-order valence-corrected chi connectivity index (χ3v) is 11.0. The van der Waals surface area contributed by atoms with Crippen LogP contribution in [0.15, 0.2) is 103 Å². The van der Waals surface area contributed by atoms with Crippen LogP contribution in [-0.2, 0) is 5.41 Å². The number of pyridine rings is 1. The van der Waals surface area contributed by atoms with Gasteiger partial charge in [0.25, 0.3) is 0 Å². The molecule has 53 heavy (non-hydrogen) atoms. The van der Waals surface area contributed by atoms with E-state index in [4.69, 9.17) is 9.72 Å². The van der Waals surface area contributed by atoms with Crippen LogP contribution in [0.4, 0.5) is 17.1 Å². The first kappa shape index (κ1) is 34.6. The van der Waals surface area contributed by atoms with Crippen LogP contribution in [0.2, 0.25) is 0 Å². The Hall–Kier alpha value is -5.49. The molecule has 1 aliphatic rings. The largest absolute Gasteiger partial charge is 0.439 e. The monoisotopic (exact) mass is 696 g/mol. The van der Waals surface area contributed by atoms with Crippen molar-refractivity contribution < 1.29 is 4.74 Å². The van der Waals surface area contributed by atoms with Gasteiger partial charge in [0.05, 0.1) is 29.1 Å². The van der Waals surface area contributed by atoms with E-state index in [1.807, 2.05) is 6.07 Å². The molecule has 0 bridgehead atoms. The number of hydrogen-bond acceptors (Lipinski definition) is 4. The summed E-state index contributed by atoms with van der Waals surface area (Å²) >= 11 is 0. The van der Waals surface area contributed by atoms with Crippen molar-refractivity contribution in [2.24, 2.45) is 0 Å². The molecule has 0 aliphatic carbocycles. The number of anilines is 3.